The summed E-state index contributed by atoms with van der Waals surface area (Å²) in [5.41, 5.74) is 6.33. The topological polar surface area (TPSA) is 132 Å². The van der Waals surface area contributed by atoms with E-state index in [0.717, 1.165) is 12.8 Å². The third-order valence-corrected chi connectivity index (χ3v) is 4.36. The van der Waals surface area contributed by atoms with Crippen molar-refractivity contribution in [3.05, 3.63) is 36.0 Å². The summed E-state index contributed by atoms with van der Waals surface area (Å²) < 4.78 is 10.8. The summed E-state index contributed by atoms with van der Waals surface area (Å²) in [5, 5.41) is 9.12. The van der Waals surface area contributed by atoms with Crippen molar-refractivity contribution in [2.24, 2.45) is 11.7 Å². The van der Waals surface area contributed by atoms with Gasteiger partial charge in [0, 0.05) is 11.6 Å². The Labute approximate surface area is 163 Å². The molecule has 0 saturated heterocycles. The van der Waals surface area contributed by atoms with Gasteiger partial charge in [-0.1, -0.05) is 19.0 Å². The Kier molecular flexibility index (Phi) is 6.25. The van der Waals surface area contributed by atoms with Gasteiger partial charge in [0.25, 0.3) is 0 Å². The van der Waals surface area contributed by atoms with E-state index in [1.54, 1.807) is 24.3 Å². The number of benzene rings is 1. The Bertz CT molecular complexity index is 814. The number of anilines is 1. The molecule has 1 heterocycles. The fourth-order valence-corrected chi connectivity index (χ4v) is 2.40. The average Bonchev–Trinajstić information content (AvgIpc) is 3.43. The molecule has 4 N–H and O–H groups in total. The summed E-state index contributed by atoms with van der Waals surface area (Å²) in [6.45, 7) is 3.76. The van der Waals surface area contributed by atoms with E-state index in [1.807, 2.05) is 13.8 Å². The fraction of sp³-hybridized carbons (Fsp3) is 0.474. The molecule has 0 unspecified atom stereocenters. The Morgan fingerprint density at radius 3 is 2.64 bits per heavy atom. The third kappa shape index (κ3) is 5.53. The van der Waals surface area contributed by atoms with Crippen LogP contribution in [0.15, 0.2) is 28.8 Å². The van der Waals surface area contributed by atoms with Crippen LogP contribution in [0.1, 0.15) is 44.3 Å². The van der Waals surface area contributed by atoms with Crippen molar-refractivity contribution in [1.82, 2.24) is 15.5 Å². The van der Waals surface area contributed by atoms with Crippen molar-refractivity contribution >= 4 is 17.5 Å². The second-order valence-electron chi connectivity index (χ2n) is 7.17. The molecular formula is C19H25N5O4. The number of nitrogens with zero attached hydrogens (tertiary/aromatic N) is 2. The molecule has 0 spiro atoms. The van der Waals surface area contributed by atoms with Crippen LogP contribution in [0.25, 0.3) is 0 Å². The van der Waals surface area contributed by atoms with Crippen molar-refractivity contribution in [3.63, 3.8) is 0 Å². The Balaban J connectivity index is 1.41. The molecule has 1 atom stereocenters. The SMILES string of the molecule is CC(C)[C@H](N)C(=O)NCC(=O)Nc1ccc(OCc2noc(C3CC3)n2)cc1. The minimum absolute atomic E-state index is 0.00310. The summed E-state index contributed by atoms with van der Waals surface area (Å²) in [7, 11) is 0. The lowest BCUT2D eigenvalue weighted by Gasteiger charge is -2.15. The van der Waals surface area contributed by atoms with Crippen molar-refractivity contribution in [2.75, 3.05) is 11.9 Å². The largest absolute Gasteiger partial charge is 0.485 e. The van der Waals surface area contributed by atoms with Crippen molar-refractivity contribution < 1.29 is 18.8 Å². The normalized spacial score (nSPS) is 14.6. The van der Waals surface area contributed by atoms with E-state index < -0.39 is 6.04 Å². The number of nitrogens with one attached hydrogen (secondary N) is 2. The maximum absolute atomic E-state index is 11.9. The first-order valence-corrected chi connectivity index (χ1v) is 9.31. The van der Waals surface area contributed by atoms with Crippen LogP contribution in [0.3, 0.4) is 0 Å². The van der Waals surface area contributed by atoms with Gasteiger partial charge in [-0.3, -0.25) is 9.59 Å². The molecular weight excluding hydrogens is 362 g/mol. The van der Waals surface area contributed by atoms with Gasteiger partial charge in [0.1, 0.15) is 5.75 Å². The molecule has 1 aliphatic carbocycles. The van der Waals surface area contributed by atoms with Crippen LogP contribution < -0.4 is 21.1 Å². The second-order valence-corrected chi connectivity index (χ2v) is 7.17. The van der Waals surface area contributed by atoms with Gasteiger partial charge in [0.15, 0.2) is 6.61 Å². The van der Waals surface area contributed by atoms with Crippen LogP contribution >= 0.6 is 0 Å². The van der Waals surface area contributed by atoms with Gasteiger partial charge in [-0.25, -0.2) is 0 Å². The number of hydrogen-bond acceptors (Lipinski definition) is 7. The quantitative estimate of drug-likeness (QED) is 0.595. The lowest BCUT2D eigenvalue weighted by Crippen LogP contribution is -2.46. The van der Waals surface area contributed by atoms with E-state index in [0.29, 0.717) is 29.1 Å². The highest BCUT2D eigenvalue weighted by atomic mass is 16.5. The van der Waals surface area contributed by atoms with E-state index in [2.05, 4.69) is 20.8 Å². The summed E-state index contributed by atoms with van der Waals surface area (Å²) >= 11 is 0. The monoisotopic (exact) mass is 387 g/mol. The molecule has 28 heavy (non-hydrogen) atoms. The number of ether oxygens (including phenoxy) is 1. The molecule has 1 fully saturated rings. The highest BCUT2D eigenvalue weighted by molar-refractivity contribution is 5.95. The number of nitrogens with two attached hydrogens (primary N) is 1. The minimum atomic E-state index is -0.635. The number of amides is 2. The molecule has 1 aromatic heterocycles. The van der Waals surface area contributed by atoms with Crippen molar-refractivity contribution in [1.29, 1.82) is 0 Å². The Hall–Kier alpha value is -2.94. The summed E-state index contributed by atoms with van der Waals surface area (Å²) in [5.74, 6) is 1.54. The van der Waals surface area contributed by atoms with Gasteiger partial charge >= 0.3 is 0 Å². The second kappa shape index (κ2) is 8.83. The van der Waals surface area contributed by atoms with Gasteiger partial charge < -0.3 is 25.6 Å². The minimum Gasteiger partial charge on any atom is -0.485 e. The van der Waals surface area contributed by atoms with Crippen LogP contribution in [0.5, 0.6) is 5.75 Å². The molecule has 150 valence electrons. The predicted octanol–water partition coefficient (Wildman–Crippen LogP) is 1.56. The smallest absolute Gasteiger partial charge is 0.243 e. The number of aromatic nitrogens is 2. The number of carbonyl (C=O) groups is 2. The molecule has 2 amide bonds. The Morgan fingerprint density at radius 1 is 1.29 bits per heavy atom. The first-order chi connectivity index (χ1) is 13.4. The Morgan fingerprint density at radius 2 is 2.00 bits per heavy atom. The summed E-state index contributed by atoms with van der Waals surface area (Å²) in [6.07, 6.45) is 2.20. The van der Waals surface area contributed by atoms with E-state index >= 15 is 0 Å². The van der Waals surface area contributed by atoms with E-state index in [9.17, 15) is 9.59 Å². The van der Waals surface area contributed by atoms with Gasteiger partial charge in [0.2, 0.25) is 23.5 Å². The van der Waals surface area contributed by atoms with Crippen LogP contribution in [-0.2, 0) is 16.2 Å². The number of carbonyl (C=O) groups excluding carboxylic acids is 2. The van der Waals surface area contributed by atoms with Crippen molar-refractivity contribution in [2.45, 2.75) is 45.3 Å². The molecule has 9 heteroatoms. The molecule has 0 bridgehead atoms. The molecule has 9 nitrogen and oxygen atoms in total. The van der Waals surface area contributed by atoms with Gasteiger partial charge in [-0.15, -0.1) is 0 Å². The van der Waals surface area contributed by atoms with Crippen molar-refractivity contribution in [3.8, 4) is 5.75 Å². The standard InChI is InChI=1S/C19H25N5O4/c1-11(2)17(20)18(26)21-9-16(25)22-13-5-7-14(8-6-13)27-10-15-23-19(28-24-15)12-3-4-12/h5-8,11-12,17H,3-4,9-10,20H2,1-2H3,(H,21,26)(H,22,25)/t17-/m0/s1. The van der Waals surface area contributed by atoms with Crippen LogP contribution in [0.2, 0.25) is 0 Å². The lowest BCUT2D eigenvalue weighted by atomic mass is 10.1. The highest BCUT2D eigenvalue weighted by Crippen LogP contribution is 2.38. The zero-order valence-corrected chi connectivity index (χ0v) is 16.0. The zero-order chi connectivity index (χ0) is 20.1. The predicted molar refractivity (Wildman–Crippen MR) is 101 cm³/mol. The zero-order valence-electron chi connectivity index (χ0n) is 16.0. The summed E-state index contributed by atoms with van der Waals surface area (Å²) in [6, 6.07) is 6.24. The van der Waals surface area contributed by atoms with Crippen LogP contribution in [0.4, 0.5) is 5.69 Å². The molecule has 1 aromatic carbocycles. The fourth-order valence-electron chi connectivity index (χ4n) is 2.40. The number of hydrogen-bond donors (Lipinski definition) is 3. The van der Waals surface area contributed by atoms with Gasteiger partial charge in [-0.05, 0) is 43.0 Å². The summed E-state index contributed by atoms with van der Waals surface area (Å²) in [4.78, 5) is 28.0. The maximum atomic E-state index is 11.9. The van der Waals surface area contributed by atoms with Crippen LogP contribution in [-0.4, -0.2) is 34.5 Å². The lowest BCUT2D eigenvalue weighted by molar-refractivity contribution is -0.125. The molecule has 0 aliphatic heterocycles. The van der Waals surface area contributed by atoms with Crippen LogP contribution in [0, 0.1) is 5.92 Å². The molecule has 0 radical (unpaired) electrons. The van der Waals surface area contributed by atoms with E-state index in [4.69, 9.17) is 15.0 Å². The highest BCUT2D eigenvalue weighted by Gasteiger charge is 2.29. The molecule has 2 aromatic rings. The number of rotatable bonds is 9. The van der Waals surface area contributed by atoms with E-state index in [-0.39, 0.29) is 30.9 Å². The van der Waals surface area contributed by atoms with E-state index in [1.165, 1.54) is 0 Å². The third-order valence-electron chi connectivity index (χ3n) is 4.36. The van der Waals surface area contributed by atoms with Gasteiger partial charge in [-0.2, -0.15) is 4.98 Å². The molecule has 3 rings (SSSR count). The maximum Gasteiger partial charge on any atom is 0.243 e. The molecule has 1 saturated carbocycles. The average molecular weight is 387 g/mol. The van der Waals surface area contributed by atoms with Gasteiger partial charge in [0.05, 0.1) is 12.6 Å². The molecule has 1 aliphatic rings. The first-order valence-electron chi connectivity index (χ1n) is 9.31. The first kappa shape index (κ1) is 19.8.